The summed E-state index contributed by atoms with van der Waals surface area (Å²) in [4.78, 5) is 28.6. The molecule has 3 aromatic heterocycles. The van der Waals surface area contributed by atoms with Crippen molar-refractivity contribution >= 4 is 11.8 Å². The minimum Gasteiger partial charge on any atom is -0.456 e. The van der Waals surface area contributed by atoms with Crippen molar-refractivity contribution in [2.24, 2.45) is 4.99 Å². The zero-order chi connectivity index (χ0) is 16.4. The number of nitrogens with zero attached hydrogens (tertiary/aromatic N) is 2. The highest BCUT2D eigenvalue weighted by Gasteiger charge is 2.14. The van der Waals surface area contributed by atoms with Gasteiger partial charge in [-0.15, -0.1) is 0 Å². The Kier molecular flexibility index (Phi) is 3.80. The first-order chi connectivity index (χ1) is 11.0. The van der Waals surface area contributed by atoms with Crippen LogP contribution in [0, 0.1) is 13.8 Å². The van der Waals surface area contributed by atoms with Crippen molar-refractivity contribution in [1.82, 2.24) is 4.57 Å². The van der Waals surface area contributed by atoms with Gasteiger partial charge in [-0.25, -0.2) is 0 Å². The van der Waals surface area contributed by atoms with E-state index in [0.29, 0.717) is 11.5 Å². The summed E-state index contributed by atoms with van der Waals surface area (Å²) in [6, 6.07) is 11.4. The van der Waals surface area contributed by atoms with Crippen LogP contribution >= 0.6 is 0 Å². The molecule has 6 nitrogen and oxygen atoms in total. The Bertz CT molecular complexity index is 943. The fraction of sp³-hybridized carbons (Fsp3) is 0.118. The van der Waals surface area contributed by atoms with E-state index >= 15 is 0 Å². The molecule has 3 aromatic rings. The van der Waals surface area contributed by atoms with Crippen molar-refractivity contribution in [2.45, 2.75) is 13.8 Å². The molecule has 116 valence electrons. The summed E-state index contributed by atoms with van der Waals surface area (Å²) < 4.78 is 11.8. The number of hydrogen-bond acceptors (Lipinski definition) is 4. The molecule has 0 aromatic carbocycles. The van der Waals surface area contributed by atoms with Gasteiger partial charge in [-0.05, 0) is 50.2 Å². The van der Waals surface area contributed by atoms with Gasteiger partial charge in [0.25, 0.3) is 5.91 Å². The Labute approximate surface area is 131 Å². The minimum absolute atomic E-state index is 0.124. The number of aromatic nitrogens is 1. The normalized spacial score (nSPS) is 11.7. The first-order valence-corrected chi connectivity index (χ1v) is 6.99. The lowest BCUT2D eigenvalue weighted by Gasteiger charge is -2.03. The van der Waals surface area contributed by atoms with Gasteiger partial charge in [0.05, 0.1) is 0 Å². The summed E-state index contributed by atoms with van der Waals surface area (Å²) in [5.74, 6) is 0.593. The second-order valence-electron chi connectivity index (χ2n) is 4.97. The fourth-order valence-electron chi connectivity index (χ4n) is 2.07. The van der Waals surface area contributed by atoms with Gasteiger partial charge >= 0.3 is 5.91 Å². The fourth-order valence-corrected chi connectivity index (χ4v) is 2.07. The maximum Gasteiger partial charge on any atom is 0.314 e. The highest BCUT2D eigenvalue weighted by atomic mass is 16.4. The van der Waals surface area contributed by atoms with Crippen LogP contribution in [-0.2, 0) is 0 Å². The lowest BCUT2D eigenvalue weighted by atomic mass is 10.3. The zero-order valence-corrected chi connectivity index (χ0v) is 12.6. The van der Waals surface area contributed by atoms with Crippen molar-refractivity contribution in [1.29, 1.82) is 0 Å². The smallest absolute Gasteiger partial charge is 0.314 e. The van der Waals surface area contributed by atoms with Gasteiger partial charge in [0, 0.05) is 6.20 Å². The van der Waals surface area contributed by atoms with Crippen LogP contribution in [0.2, 0.25) is 0 Å². The molecule has 0 aliphatic rings. The Morgan fingerprint density at radius 2 is 1.57 bits per heavy atom. The topological polar surface area (TPSA) is 77.7 Å². The van der Waals surface area contributed by atoms with E-state index in [4.69, 9.17) is 8.83 Å². The van der Waals surface area contributed by atoms with E-state index in [-0.39, 0.29) is 17.0 Å². The Morgan fingerprint density at radius 3 is 2.17 bits per heavy atom. The van der Waals surface area contributed by atoms with E-state index in [1.165, 1.54) is 10.8 Å². The number of aryl methyl sites for hydroxylation is 2. The van der Waals surface area contributed by atoms with Crippen LogP contribution in [0.5, 0.6) is 0 Å². The van der Waals surface area contributed by atoms with Crippen molar-refractivity contribution in [2.75, 3.05) is 0 Å². The van der Waals surface area contributed by atoms with Crippen LogP contribution in [0.4, 0.5) is 0 Å². The number of carbonyl (C=O) groups excluding carboxylic acids is 2. The summed E-state index contributed by atoms with van der Waals surface area (Å²) in [5, 5.41) is 0. The molecule has 0 saturated carbocycles. The highest BCUT2D eigenvalue weighted by molar-refractivity contribution is 5.94. The Balaban J connectivity index is 2.02. The average Bonchev–Trinajstić information content (AvgIpc) is 3.16. The molecule has 0 spiro atoms. The maximum atomic E-state index is 12.5. The van der Waals surface area contributed by atoms with Gasteiger partial charge in [-0.1, -0.05) is 6.07 Å². The lowest BCUT2D eigenvalue weighted by molar-refractivity contribution is 0.0924. The molecule has 0 saturated heterocycles. The molecule has 23 heavy (non-hydrogen) atoms. The summed E-state index contributed by atoms with van der Waals surface area (Å²) in [7, 11) is 0. The maximum absolute atomic E-state index is 12.5. The van der Waals surface area contributed by atoms with Crippen molar-refractivity contribution < 1.29 is 18.4 Å². The summed E-state index contributed by atoms with van der Waals surface area (Å²) >= 11 is 0. The van der Waals surface area contributed by atoms with Crippen molar-refractivity contribution in [3.05, 3.63) is 77.2 Å². The van der Waals surface area contributed by atoms with Crippen LogP contribution < -0.4 is 5.49 Å². The largest absolute Gasteiger partial charge is 0.456 e. The molecule has 3 heterocycles. The van der Waals surface area contributed by atoms with Crippen LogP contribution in [0.15, 0.2) is 62.5 Å². The number of rotatable bonds is 2. The van der Waals surface area contributed by atoms with Gasteiger partial charge < -0.3 is 8.83 Å². The molecule has 0 N–H and O–H groups in total. The second kappa shape index (κ2) is 5.92. The quantitative estimate of drug-likeness (QED) is 0.729. The molecule has 1 amide bonds. The molecule has 3 rings (SSSR count). The number of carbonyl (C=O) groups is 2. The molecular formula is C17H14N2O4. The van der Waals surface area contributed by atoms with E-state index in [2.05, 4.69) is 4.99 Å². The molecule has 0 atom stereocenters. The van der Waals surface area contributed by atoms with E-state index in [0.717, 1.165) is 0 Å². The van der Waals surface area contributed by atoms with E-state index in [1.54, 1.807) is 56.3 Å². The number of hydrogen-bond donors (Lipinski definition) is 0. The molecule has 6 heteroatoms. The van der Waals surface area contributed by atoms with Crippen molar-refractivity contribution in [3.63, 3.8) is 0 Å². The predicted octanol–water partition coefficient (Wildman–Crippen LogP) is 2.72. The first-order valence-electron chi connectivity index (χ1n) is 6.99. The molecule has 0 aliphatic carbocycles. The number of amides is 1. The van der Waals surface area contributed by atoms with Crippen LogP contribution in [0.3, 0.4) is 0 Å². The zero-order valence-electron chi connectivity index (χ0n) is 12.6. The first kappa shape index (κ1) is 14.8. The molecule has 0 bridgehead atoms. The van der Waals surface area contributed by atoms with Crippen molar-refractivity contribution in [3.8, 4) is 0 Å². The van der Waals surface area contributed by atoms with E-state index < -0.39 is 11.8 Å². The van der Waals surface area contributed by atoms with Gasteiger partial charge in [-0.3, -0.25) is 14.2 Å². The highest BCUT2D eigenvalue weighted by Crippen LogP contribution is 2.09. The minimum atomic E-state index is -0.554. The third kappa shape index (κ3) is 3.06. The van der Waals surface area contributed by atoms with Gasteiger partial charge in [-0.2, -0.15) is 4.99 Å². The second-order valence-corrected chi connectivity index (χ2v) is 4.97. The SMILES string of the molecule is Cc1ccc(C(=O)N=c2ccccn2C(=O)c2ccc(C)o2)o1. The summed E-state index contributed by atoms with van der Waals surface area (Å²) in [6.07, 6.45) is 1.53. The Morgan fingerprint density at radius 1 is 0.913 bits per heavy atom. The molecule has 0 radical (unpaired) electrons. The number of pyridine rings is 1. The predicted molar refractivity (Wildman–Crippen MR) is 80.9 cm³/mol. The monoisotopic (exact) mass is 310 g/mol. The van der Waals surface area contributed by atoms with Gasteiger partial charge in [0.15, 0.2) is 11.5 Å². The standard InChI is InChI=1S/C17H14N2O4/c1-11-6-8-13(22-11)16(20)18-15-5-3-4-10-19(15)17(21)14-9-7-12(2)23-14/h3-10H,1-2H3. The third-order valence-corrected chi connectivity index (χ3v) is 3.18. The lowest BCUT2D eigenvalue weighted by Crippen LogP contribution is -2.27. The Hall–Kier alpha value is -3.15. The van der Waals surface area contributed by atoms with Crippen LogP contribution in [0.1, 0.15) is 32.6 Å². The van der Waals surface area contributed by atoms with E-state index in [9.17, 15) is 9.59 Å². The van der Waals surface area contributed by atoms with Gasteiger partial charge in [0.2, 0.25) is 0 Å². The summed E-state index contributed by atoms with van der Waals surface area (Å²) in [5.41, 5.74) is 0.200. The van der Waals surface area contributed by atoms with Crippen LogP contribution in [-0.4, -0.2) is 16.4 Å². The third-order valence-electron chi connectivity index (χ3n) is 3.18. The molecule has 0 unspecified atom stereocenters. The van der Waals surface area contributed by atoms with E-state index in [1.807, 2.05) is 0 Å². The average molecular weight is 310 g/mol. The molecular weight excluding hydrogens is 296 g/mol. The molecule has 0 aliphatic heterocycles. The number of furan rings is 2. The molecule has 0 fully saturated rings. The van der Waals surface area contributed by atoms with Crippen LogP contribution in [0.25, 0.3) is 0 Å². The van der Waals surface area contributed by atoms with Gasteiger partial charge in [0.1, 0.15) is 17.0 Å². The summed E-state index contributed by atoms with van der Waals surface area (Å²) in [6.45, 7) is 3.49.